The van der Waals surface area contributed by atoms with E-state index in [-0.39, 0.29) is 5.91 Å². The SMILES string of the molecule is O=C(c1nn2c(c1Br)OCCC2)N1CCCC1. The van der Waals surface area contributed by atoms with Crippen LogP contribution in [-0.2, 0) is 6.54 Å². The van der Waals surface area contributed by atoms with Gasteiger partial charge in [-0.15, -0.1) is 0 Å². The first-order valence-electron chi connectivity index (χ1n) is 5.96. The molecule has 2 aliphatic heterocycles. The van der Waals surface area contributed by atoms with Crippen molar-refractivity contribution in [3.05, 3.63) is 10.2 Å². The lowest BCUT2D eigenvalue weighted by atomic mass is 10.3. The summed E-state index contributed by atoms with van der Waals surface area (Å²) >= 11 is 3.43. The van der Waals surface area contributed by atoms with Crippen LogP contribution in [-0.4, -0.2) is 40.3 Å². The zero-order valence-electron chi connectivity index (χ0n) is 9.49. The number of carbonyl (C=O) groups excluding carboxylic acids is 1. The molecular formula is C11H14BrN3O2. The van der Waals surface area contributed by atoms with Gasteiger partial charge in [0, 0.05) is 26.1 Å². The number of hydrogen-bond donors (Lipinski definition) is 0. The number of halogens is 1. The fraction of sp³-hybridized carbons (Fsp3) is 0.636. The van der Waals surface area contributed by atoms with E-state index in [1.54, 1.807) is 4.68 Å². The summed E-state index contributed by atoms with van der Waals surface area (Å²) in [5.74, 6) is 0.707. The smallest absolute Gasteiger partial charge is 0.275 e. The molecule has 1 saturated heterocycles. The van der Waals surface area contributed by atoms with Crippen LogP contribution in [0.5, 0.6) is 5.88 Å². The molecule has 92 valence electrons. The standard InChI is InChI=1S/C11H14BrN3O2/c12-8-9(10(16)14-4-1-2-5-14)13-15-6-3-7-17-11(8)15/h1-7H2. The highest BCUT2D eigenvalue weighted by Gasteiger charge is 2.28. The summed E-state index contributed by atoms with van der Waals surface area (Å²) in [7, 11) is 0. The fourth-order valence-corrected chi connectivity index (χ4v) is 2.87. The van der Waals surface area contributed by atoms with Crippen molar-refractivity contribution >= 4 is 21.8 Å². The molecule has 3 heterocycles. The van der Waals surface area contributed by atoms with Crippen LogP contribution < -0.4 is 4.74 Å². The Morgan fingerprint density at radius 3 is 2.71 bits per heavy atom. The van der Waals surface area contributed by atoms with Crippen LogP contribution in [0.25, 0.3) is 0 Å². The van der Waals surface area contributed by atoms with E-state index in [1.807, 2.05) is 4.90 Å². The van der Waals surface area contributed by atoms with Crippen molar-refractivity contribution < 1.29 is 9.53 Å². The van der Waals surface area contributed by atoms with E-state index in [1.165, 1.54) is 0 Å². The second kappa shape index (κ2) is 4.33. The van der Waals surface area contributed by atoms with Crippen LogP contribution in [0.2, 0.25) is 0 Å². The lowest BCUT2D eigenvalue weighted by Crippen LogP contribution is -2.28. The molecule has 0 spiro atoms. The van der Waals surface area contributed by atoms with Crippen molar-refractivity contribution in [3.8, 4) is 5.88 Å². The number of rotatable bonds is 1. The Kier molecular flexibility index (Phi) is 2.82. The number of ether oxygens (including phenoxy) is 1. The van der Waals surface area contributed by atoms with Crippen molar-refractivity contribution in [2.75, 3.05) is 19.7 Å². The Morgan fingerprint density at radius 2 is 2.00 bits per heavy atom. The second-order valence-electron chi connectivity index (χ2n) is 4.39. The van der Waals surface area contributed by atoms with Gasteiger partial charge >= 0.3 is 0 Å². The maximum Gasteiger partial charge on any atom is 0.275 e. The first kappa shape index (κ1) is 11.1. The maximum absolute atomic E-state index is 12.3. The molecule has 17 heavy (non-hydrogen) atoms. The Labute approximate surface area is 108 Å². The lowest BCUT2D eigenvalue weighted by Gasteiger charge is -2.14. The Bertz CT molecular complexity index is 452. The van der Waals surface area contributed by atoms with E-state index >= 15 is 0 Å². The molecule has 1 aromatic rings. The summed E-state index contributed by atoms with van der Waals surface area (Å²) in [5, 5.41) is 4.35. The molecule has 0 atom stereocenters. The molecule has 0 N–H and O–H groups in total. The first-order chi connectivity index (χ1) is 8.27. The van der Waals surface area contributed by atoms with Gasteiger partial charge in [-0.05, 0) is 28.8 Å². The largest absolute Gasteiger partial charge is 0.477 e. The molecule has 1 aromatic heterocycles. The molecule has 0 radical (unpaired) electrons. The Hall–Kier alpha value is -1.04. The molecule has 0 aromatic carbocycles. The molecule has 5 nitrogen and oxygen atoms in total. The topological polar surface area (TPSA) is 47.4 Å². The van der Waals surface area contributed by atoms with E-state index in [0.717, 1.165) is 38.9 Å². The summed E-state index contributed by atoms with van der Waals surface area (Å²) in [5.41, 5.74) is 0.490. The average Bonchev–Trinajstić information content (AvgIpc) is 2.97. The molecule has 6 heteroatoms. The molecule has 1 fully saturated rings. The number of aromatic nitrogens is 2. The zero-order valence-corrected chi connectivity index (χ0v) is 11.1. The highest BCUT2D eigenvalue weighted by Crippen LogP contribution is 2.32. The second-order valence-corrected chi connectivity index (χ2v) is 5.19. The fourth-order valence-electron chi connectivity index (χ4n) is 2.30. The van der Waals surface area contributed by atoms with Crippen molar-refractivity contribution in [1.29, 1.82) is 0 Å². The van der Waals surface area contributed by atoms with Crippen molar-refractivity contribution in [2.24, 2.45) is 0 Å². The molecule has 1 amide bonds. The van der Waals surface area contributed by atoms with Gasteiger partial charge in [0.25, 0.3) is 5.91 Å². The minimum Gasteiger partial charge on any atom is -0.477 e. The van der Waals surface area contributed by atoms with Gasteiger partial charge in [0.1, 0.15) is 4.47 Å². The van der Waals surface area contributed by atoms with Crippen LogP contribution in [0.4, 0.5) is 0 Å². The van der Waals surface area contributed by atoms with E-state index in [0.29, 0.717) is 22.7 Å². The Morgan fingerprint density at radius 1 is 1.24 bits per heavy atom. The molecule has 0 aliphatic carbocycles. The number of carbonyl (C=O) groups is 1. The Balaban J connectivity index is 1.92. The van der Waals surface area contributed by atoms with Crippen LogP contribution in [0.15, 0.2) is 4.47 Å². The van der Waals surface area contributed by atoms with Crippen molar-refractivity contribution in [1.82, 2.24) is 14.7 Å². The highest BCUT2D eigenvalue weighted by atomic mass is 79.9. The summed E-state index contributed by atoms with van der Waals surface area (Å²) < 4.78 is 8.01. The first-order valence-corrected chi connectivity index (χ1v) is 6.75. The third-order valence-corrected chi connectivity index (χ3v) is 3.91. The molecule has 0 unspecified atom stereocenters. The number of amides is 1. The maximum atomic E-state index is 12.3. The van der Waals surface area contributed by atoms with Crippen molar-refractivity contribution in [3.63, 3.8) is 0 Å². The molecule has 0 bridgehead atoms. The van der Waals surface area contributed by atoms with E-state index < -0.39 is 0 Å². The predicted octanol–water partition coefficient (Wildman–Crippen LogP) is 1.66. The number of hydrogen-bond acceptors (Lipinski definition) is 3. The van der Waals surface area contributed by atoms with Crippen molar-refractivity contribution in [2.45, 2.75) is 25.8 Å². The monoisotopic (exact) mass is 299 g/mol. The number of likely N-dealkylation sites (tertiary alicyclic amines) is 1. The summed E-state index contributed by atoms with van der Waals surface area (Å²) in [6.45, 7) is 3.20. The third-order valence-electron chi connectivity index (χ3n) is 3.20. The minimum atomic E-state index is 0.0138. The third kappa shape index (κ3) is 1.84. The average molecular weight is 300 g/mol. The molecule has 3 rings (SSSR count). The van der Waals surface area contributed by atoms with Gasteiger partial charge in [0.05, 0.1) is 6.61 Å². The molecule has 0 saturated carbocycles. The van der Waals surface area contributed by atoms with E-state index in [2.05, 4.69) is 21.0 Å². The van der Waals surface area contributed by atoms with Gasteiger partial charge in [-0.2, -0.15) is 5.10 Å². The molecular weight excluding hydrogens is 286 g/mol. The summed E-state index contributed by atoms with van der Waals surface area (Å²) in [6.07, 6.45) is 3.12. The van der Waals surface area contributed by atoms with Crippen LogP contribution in [0.3, 0.4) is 0 Å². The highest BCUT2D eigenvalue weighted by molar-refractivity contribution is 9.10. The summed E-state index contributed by atoms with van der Waals surface area (Å²) in [6, 6.07) is 0. The number of nitrogens with zero attached hydrogens (tertiary/aromatic N) is 3. The van der Waals surface area contributed by atoms with Crippen LogP contribution in [0, 0.1) is 0 Å². The zero-order chi connectivity index (χ0) is 11.8. The van der Waals surface area contributed by atoms with Gasteiger partial charge < -0.3 is 9.64 Å². The van der Waals surface area contributed by atoms with E-state index in [9.17, 15) is 4.79 Å². The van der Waals surface area contributed by atoms with Gasteiger partial charge in [0.15, 0.2) is 5.69 Å². The van der Waals surface area contributed by atoms with Gasteiger partial charge in [0.2, 0.25) is 5.88 Å². The van der Waals surface area contributed by atoms with E-state index in [4.69, 9.17) is 4.74 Å². The predicted molar refractivity (Wildman–Crippen MR) is 65.2 cm³/mol. The number of aryl methyl sites for hydroxylation is 1. The van der Waals surface area contributed by atoms with Gasteiger partial charge in [-0.25, -0.2) is 4.68 Å². The van der Waals surface area contributed by atoms with Crippen LogP contribution >= 0.6 is 15.9 Å². The van der Waals surface area contributed by atoms with Crippen LogP contribution in [0.1, 0.15) is 29.8 Å². The molecule has 2 aliphatic rings. The number of fused-ring (bicyclic) bond motifs is 1. The van der Waals surface area contributed by atoms with Gasteiger partial charge in [-0.3, -0.25) is 4.79 Å². The van der Waals surface area contributed by atoms with Gasteiger partial charge in [-0.1, -0.05) is 0 Å². The minimum absolute atomic E-state index is 0.0138. The lowest BCUT2D eigenvalue weighted by molar-refractivity contribution is 0.0785. The summed E-state index contributed by atoms with van der Waals surface area (Å²) in [4.78, 5) is 14.1. The quantitative estimate of drug-likeness (QED) is 0.792. The normalized spacial score (nSPS) is 19.0.